The Morgan fingerprint density at radius 3 is 2.88 bits per heavy atom. The quantitative estimate of drug-likeness (QED) is 0.800. The van der Waals surface area contributed by atoms with Gasteiger partial charge in [-0.25, -0.2) is 4.98 Å². The average Bonchev–Trinajstić information content (AvgIpc) is 2.72. The Bertz CT molecular complexity index is 348. The molecule has 0 amide bonds. The van der Waals surface area contributed by atoms with Crippen molar-refractivity contribution in [3.63, 3.8) is 0 Å². The Labute approximate surface area is 97.3 Å². The molecule has 88 valence electrons. The van der Waals surface area contributed by atoms with Crippen molar-refractivity contribution in [2.45, 2.75) is 52.2 Å². The van der Waals surface area contributed by atoms with Crippen LogP contribution in [0.1, 0.15) is 45.3 Å². The molecule has 0 saturated carbocycles. The molecule has 0 aliphatic rings. The van der Waals surface area contributed by atoms with E-state index in [4.69, 9.17) is 5.26 Å². The predicted octanol–water partition coefficient (Wildman–Crippen LogP) is 2.25. The van der Waals surface area contributed by atoms with E-state index in [0.29, 0.717) is 12.5 Å². The zero-order chi connectivity index (χ0) is 12.0. The van der Waals surface area contributed by atoms with Crippen molar-refractivity contribution in [1.82, 2.24) is 14.9 Å². The molecule has 0 fully saturated rings. The minimum absolute atomic E-state index is 0.278. The van der Waals surface area contributed by atoms with Crippen LogP contribution in [0.2, 0.25) is 0 Å². The van der Waals surface area contributed by atoms with Gasteiger partial charge in [0.25, 0.3) is 0 Å². The summed E-state index contributed by atoms with van der Waals surface area (Å²) in [5.41, 5.74) is 1.17. The van der Waals surface area contributed by atoms with E-state index < -0.39 is 0 Å². The topological polar surface area (TPSA) is 53.6 Å². The molecule has 1 aromatic heterocycles. The smallest absolute Gasteiger partial charge is 0.0951 e. The lowest BCUT2D eigenvalue weighted by molar-refractivity contribution is 0.479. The molecular formula is C12H20N4. The van der Waals surface area contributed by atoms with Gasteiger partial charge in [-0.15, -0.1) is 0 Å². The number of nitrogens with one attached hydrogen (secondary N) is 1. The highest BCUT2D eigenvalue weighted by Crippen LogP contribution is 2.09. The van der Waals surface area contributed by atoms with Crippen LogP contribution in [-0.4, -0.2) is 15.6 Å². The Morgan fingerprint density at radius 2 is 2.31 bits per heavy atom. The Balaban J connectivity index is 2.53. The van der Waals surface area contributed by atoms with Crippen LogP contribution in [0.3, 0.4) is 0 Å². The summed E-state index contributed by atoms with van der Waals surface area (Å²) in [5, 5.41) is 12.0. The molecule has 0 saturated heterocycles. The first-order valence-electron chi connectivity index (χ1n) is 5.80. The van der Waals surface area contributed by atoms with E-state index >= 15 is 0 Å². The van der Waals surface area contributed by atoms with Crippen LogP contribution < -0.4 is 5.32 Å². The van der Waals surface area contributed by atoms with Crippen LogP contribution in [0.15, 0.2) is 12.5 Å². The summed E-state index contributed by atoms with van der Waals surface area (Å²) >= 11 is 0. The van der Waals surface area contributed by atoms with E-state index in [1.807, 2.05) is 12.5 Å². The van der Waals surface area contributed by atoms with Crippen molar-refractivity contribution in [2.75, 3.05) is 0 Å². The molecule has 0 spiro atoms. The summed E-state index contributed by atoms with van der Waals surface area (Å²) in [4.78, 5) is 4.15. The van der Waals surface area contributed by atoms with E-state index in [2.05, 4.69) is 41.7 Å². The molecule has 4 heteroatoms. The van der Waals surface area contributed by atoms with Crippen molar-refractivity contribution in [1.29, 1.82) is 5.26 Å². The van der Waals surface area contributed by atoms with Gasteiger partial charge < -0.3 is 9.88 Å². The van der Waals surface area contributed by atoms with Crippen LogP contribution >= 0.6 is 0 Å². The van der Waals surface area contributed by atoms with Gasteiger partial charge in [-0.3, -0.25) is 0 Å². The van der Waals surface area contributed by atoms with Gasteiger partial charge >= 0.3 is 0 Å². The summed E-state index contributed by atoms with van der Waals surface area (Å²) in [6.45, 7) is 7.14. The average molecular weight is 220 g/mol. The summed E-state index contributed by atoms with van der Waals surface area (Å²) in [7, 11) is 0. The van der Waals surface area contributed by atoms with E-state index in [1.165, 1.54) is 5.69 Å². The van der Waals surface area contributed by atoms with Gasteiger partial charge in [0.1, 0.15) is 0 Å². The molecule has 1 aromatic rings. The highest BCUT2D eigenvalue weighted by molar-refractivity contribution is 5.00. The number of hydrogen-bond donors (Lipinski definition) is 1. The lowest BCUT2D eigenvalue weighted by atomic mass is 10.1. The van der Waals surface area contributed by atoms with Crippen molar-refractivity contribution in [3.8, 4) is 6.07 Å². The molecule has 16 heavy (non-hydrogen) atoms. The van der Waals surface area contributed by atoms with Gasteiger partial charge in [0.15, 0.2) is 0 Å². The van der Waals surface area contributed by atoms with E-state index in [9.17, 15) is 0 Å². The SMILES string of the molecule is CCC(CC#N)NCc1cncn1C(C)C. The fourth-order valence-electron chi connectivity index (χ4n) is 1.65. The van der Waals surface area contributed by atoms with Crippen molar-refractivity contribution >= 4 is 0 Å². The highest BCUT2D eigenvalue weighted by Gasteiger charge is 2.08. The maximum absolute atomic E-state index is 8.66. The number of hydrogen-bond acceptors (Lipinski definition) is 3. The van der Waals surface area contributed by atoms with Crippen molar-refractivity contribution < 1.29 is 0 Å². The number of nitriles is 1. The standard InChI is InChI=1S/C12H20N4/c1-4-11(5-6-13)15-8-12-7-14-9-16(12)10(2)3/h7,9-11,15H,4-5,8H2,1-3H3. The predicted molar refractivity (Wildman–Crippen MR) is 63.8 cm³/mol. The molecule has 1 N–H and O–H groups in total. The van der Waals surface area contributed by atoms with Gasteiger partial charge in [-0.1, -0.05) is 6.92 Å². The van der Waals surface area contributed by atoms with Gasteiger partial charge in [0.2, 0.25) is 0 Å². The Kier molecular flexibility index (Phi) is 5.00. The highest BCUT2D eigenvalue weighted by atomic mass is 15.1. The number of rotatable bonds is 6. The molecule has 1 unspecified atom stereocenters. The van der Waals surface area contributed by atoms with Crippen molar-refractivity contribution in [2.24, 2.45) is 0 Å². The molecule has 0 bridgehead atoms. The first kappa shape index (κ1) is 12.7. The largest absolute Gasteiger partial charge is 0.331 e. The first-order valence-corrected chi connectivity index (χ1v) is 5.80. The first-order chi connectivity index (χ1) is 7.69. The molecule has 1 heterocycles. The summed E-state index contributed by atoms with van der Waals surface area (Å²) in [5.74, 6) is 0. The number of nitrogens with zero attached hydrogens (tertiary/aromatic N) is 3. The van der Waals surface area contributed by atoms with Gasteiger partial charge in [0, 0.05) is 24.8 Å². The molecule has 0 radical (unpaired) electrons. The Morgan fingerprint density at radius 1 is 1.56 bits per heavy atom. The van der Waals surface area contributed by atoms with Crippen LogP contribution in [0.4, 0.5) is 0 Å². The fourth-order valence-corrected chi connectivity index (χ4v) is 1.65. The van der Waals surface area contributed by atoms with E-state index in [1.54, 1.807) is 0 Å². The third-order valence-electron chi connectivity index (χ3n) is 2.70. The van der Waals surface area contributed by atoms with E-state index in [0.717, 1.165) is 13.0 Å². The maximum atomic E-state index is 8.66. The Hall–Kier alpha value is -1.34. The zero-order valence-electron chi connectivity index (χ0n) is 10.3. The molecule has 0 aliphatic heterocycles. The number of imidazole rings is 1. The maximum Gasteiger partial charge on any atom is 0.0951 e. The lowest BCUT2D eigenvalue weighted by Gasteiger charge is -2.16. The molecule has 0 aliphatic carbocycles. The number of aromatic nitrogens is 2. The van der Waals surface area contributed by atoms with Gasteiger partial charge in [-0.2, -0.15) is 5.26 Å². The van der Waals surface area contributed by atoms with Gasteiger partial charge in [-0.05, 0) is 20.3 Å². The molecule has 4 nitrogen and oxygen atoms in total. The van der Waals surface area contributed by atoms with Crippen LogP contribution in [-0.2, 0) is 6.54 Å². The molecule has 1 rings (SSSR count). The third kappa shape index (κ3) is 3.35. The zero-order valence-corrected chi connectivity index (χ0v) is 10.3. The lowest BCUT2D eigenvalue weighted by Crippen LogP contribution is -2.28. The van der Waals surface area contributed by atoms with Crippen molar-refractivity contribution in [3.05, 3.63) is 18.2 Å². The summed E-state index contributed by atoms with van der Waals surface area (Å²) < 4.78 is 2.14. The molecular weight excluding hydrogens is 200 g/mol. The second kappa shape index (κ2) is 6.29. The minimum atomic E-state index is 0.278. The van der Waals surface area contributed by atoms with Gasteiger partial charge in [0.05, 0.1) is 24.5 Å². The molecule has 1 atom stereocenters. The minimum Gasteiger partial charge on any atom is -0.331 e. The molecule has 0 aromatic carbocycles. The second-order valence-corrected chi connectivity index (χ2v) is 4.23. The monoisotopic (exact) mass is 220 g/mol. The third-order valence-corrected chi connectivity index (χ3v) is 2.70. The fraction of sp³-hybridized carbons (Fsp3) is 0.667. The normalized spacial score (nSPS) is 12.7. The van der Waals surface area contributed by atoms with Crippen LogP contribution in [0.25, 0.3) is 0 Å². The van der Waals surface area contributed by atoms with E-state index in [-0.39, 0.29) is 6.04 Å². The van der Waals surface area contributed by atoms with Crippen LogP contribution in [0, 0.1) is 11.3 Å². The van der Waals surface area contributed by atoms with Crippen LogP contribution in [0.5, 0.6) is 0 Å². The summed E-state index contributed by atoms with van der Waals surface area (Å²) in [6, 6.07) is 2.91. The second-order valence-electron chi connectivity index (χ2n) is 4.23. The summed E-state index contributed by atoms with van der Waals surface area (Å²) in [6.07, 6.45) is 5.27.